The largest absolute Gasteiger partial charge is 0.490 e. The molecule has 4 atom stereocenters. The summed E-state index contributed by atoms with van der Waals surface area (Å²) in [6.07, 6.45) is 5.58. The first-order chi connectivity index (χ1) is 32.4. The number of benzene rings is 4. The molecule has 0 radical (unpaired) electrons. The van der Waals surface area contributed by atoms with Crippen molar-refractivity contribution in [2.75, 3.05) is 39.2 Å². The van der Waals surface area contributed by atoms with Crippen molar-refractivity contribution in [2.45, 2.75) is 117 Å². The molecule has 14 nitrogen and oxygen atoms in total. The lowest BCUT2D eigenvalue weighted by Gasteiger charge is -2.21. The van der Waals surface area contributed by atoms with Crippen molar-refractivity contribution >= 4 is 40.1 Å². The molecule has 0 aromatic heterocycles. The summed E-state index contributed by atoms with van der Waals surface area (Å²) in [5.41, 5.74) is 9.51. The molecule has 4 aromatic rings. The van der Waals surface area contributed by atoms with Gasteiger partial charge in [-0.2, -0.15) is 0 Å². The molecule has 5 N–H and O–H groups in total. The number of esters is 2. The maximum absolute atomic E-state index is 11.9. The van der Waals surface area contributed by atoms with E-state index in [9.17, 15) is 19.2 Å². The van der Waals surface area contributed by atoms with Crippen LogP contribution in [-0.2, 0) is 54.6 Å². The summed E-state index contributed by atoms with van der Waals surface area (Å²) in [6, 6.07) is 34.4. The van der Waals surface area contributed by atoms with Crippen molar-refractivity contribution in [1.82, 2.24) is 16.0 Å². The number of alkyl halides is 1. The van der Waals surface area contributed by atoms with Gasteiger partial charge in [0.1, 0.15) is 49.0 Å². The Hall–Kier alpha value is -5.64. The maximum atomic E-state index is 11.9. The van der Waals surface area contributed by atoms with Gasteiger partial charge in [0.25, 0.3) is 0 Å². The van der Waals surface area contributed by atoms with Crippen molar-refractivity contribution < 1.29 is 47.6 Å². The quantitative estimate of drug-likeness (QED) is 0.0203. The summed E-state index contributed by atoms with van der Waals surface area (Å²) in [6.45, 7) is 10.1. The molecule has 0 fully saturated rings. The van der Waals surface area contributed by atoms with Crippen LogP contribution in [0, 0.1) is 0 Å². The first-order valence-corrected chi connectivity index (χ1v) is 24.1. The Bertz CT molecular complexity index is 1960. The molecule has 0 saturated carbocycles. The number of para-hydroxylation sites is 2. The van der Waals surface area contributed by atoms with Crippen LogP contribution in [0.25, 0.3) is 0 Å². The summed E-state index contributed by atoms with van der Waals surface area (Å²) < 4.78 is 31.7. The van der Waals surface area contributed by atoms with E-state index in [2.05, 4.69) is 42.7 Å². The Morgan fingerprint density at radius 1 is 0.597 bits per heavy atom. The van der Waals surface area contributed by atoms with E-state index >= 15 is 0 Å². The second kappa shape index (κ2) is 35.5. The predicted molar refractivity (Wildman–Crippen MR) is 266 cm³/mol. The number of alkyl carbamates (subject to hydrolysis) is 2. The van der Waals surface area contributed by atoms with Crippen molar-refractivity contribution in [3.8, 4) is 11.5 Å². The number of carbonyl (C=O) groups is 4. The molecule has 2 amide bonds. The Balaban J connectivity index is 0.000000398. The zero-order chi connectivity index (χ0) is 49.1. The lowest BCUT2D eigenvalue weighted by molar-refractivity contribution is -0.143. The number of nitrogens with two attached hydrogens (primary N) is 1. The zero-order valence-electron chi connectivity index (χ0n) is 40.1. The number of carbonyl (C=O) groups excluding carboxylic acids is 4. The topological polar surface area (TPSA) is 186 Å². The zero-order valence-corrected chi connectivity index (χ0v) is 41.7. The summed E-state index contributed by atoms with van der Waals surface area (Å²) in [4.78, 5) is 46.0. The van der Waals surface area contributed by atoms with Crippen LogP contribution in [0.4, 0.5) is 9.59 Å². The molecule has 0 unspecified atom stereocenters. The van der Waals surface area contributed by atoms with E-state index in [1.54, 1.807) is 0 Å². The molecular formula is C52H73BrN4O10. The van der Waals surface area contributed by atoms with Crippen LogP contribution in [0.2, 0.25) is 0 Å². The minimum Gasteiger partial charge on any atom is -0.490 e. The third kappa shape index (κ3) is 25.7. The smallest absolute Gasteiger partial charge is 0.407 e. The number of hydrogen-bond donors (Lipinski definition) is 4. The highest BCUT2D eigenvalue weighted by Gasteiger charge is 2.19. The van der Waals surface area contributed by atoms with Crippen molar-refractivity contribution in [3.63, 3.8) is 0 Å². The molecule has 67 heavy (non-hydrogen) atoms. The fraction of sp³-hybridized carbons (Fsp3) is 0.462. The van der Waals surface area contributed by atoms with Crippen molar-refractivity contribution in [2.24, 2.45) is 5.73 Å². The van der Waals surface area contributed by atoms with E-state index in [0.29, 0.717) is 26.1 Å². The number of ether oxygens (including phenoxy) is 6. The third-order valence-corrected chi connectivity index (χ3v) is 10.8. The third-order valence-electron chi connectivity index (χ3n) is 9.85. The van der Waals surface area contributed by atoms with Gasteiger partial charge >= 0.3 is 24.1 Å². The van der Waals surface area contributed by atoms with Gasteiger partial charge in [0.2, 0.25) is 0 Å². The number of methoxy groups -OCH3 is 2. The molecule has 0 bridgehead atoms. The van der Waals surface area contributed by atoms with Crippen LogP contribution < -0.4 is 31.2 Å². The SMILES string of the molecule is CCC[C@H](N)C(=O)OC.CCC[C@H](NC[C@@H](C)Oc1ccccc1CCCNC(=O)OCc1ccccc1)C(=O)OC.C[C@H](CBr)Oc1ccccc1CCCNC(=O)OCc1ccccc1. The average molecular weight is 994 g/mol. The van der Waals surface area contributed by atoms with Gasteiger partial charge in [-0.25, -0.2) is 9.59 Å². The Morgan fingerprint density at radius 3 is 1.46 bits per heavy atom. The summed E-state index contributed by atoms with van der Waals surface area (Å²) >= 11 is 3.42. The van der Waals surface area contributed by atoms with Gasteiger partial charge < -0.3 is 50.1 Å². The summed E-state index contributed by atoms with van der Waals surface area (Å²) in [7, 11) is 2.75. The fourth-order valence-corrected chi connectivity index (χ4v) is 6.40. The molecule has 4 aromatic carbocycles. The highest BCUT2D eigenvalue weighted by molar-refractivity contribution is 9.09. The molecule has 0 aliphatic heterocycles. The molecule has 0 aliphatic rings. The number of aryl methyl sites for hydroxylation is 2. The summed E-state index contributed by atoms with van der Waals surface area (Å²) in [5, 5.41) is 9.60. The van der Waals surface area contributed by atoms with Gasteiger partial charge in [0.15, 0.2) is 0 Å². The predicted octanol–water partition coefficient (Wildman–Crippen LogP) is 9.24. The Labute approximate surface area is 406 Å². The number of amides is 2. The lowest BCUT2D eigenvalue weighted by Crippen LogP contribution is -2.42. The molecule has 0 saturated heterocycles. The van der Waals surface area contributed by atoms with E-state index in [-0.39, 0.29) is 49.5 Å². The Kier molecular flexibility index (Phi) is 30.5. The van der Waals surface area contributed by atoms with Gasteiger partial charge in [-0.15, -0.1) is 0 Å². The second-order valence-corrected chi connectivity index (χ2v) is 16.2. The monoisotopic (exact) mass is 992 g/mol. The van der Waals surface area contributed by atoms with Gasteiger partial charge in [-0.3, -0.25) is 9.59 Å². The van der Waals surface area contributed by atoms with Crippen LogP contribution in [0.1, 0.15) is 88.5 Å². The number of hydrogen-bond acceptors (Lipinski definition) is 12. The first kappa shape index (κ1) is 57.5. The molecule has 368 valence electrons. The van der Waals surface area contributed by atoms with Crippen LogP contribution in [0.3, 0.4) is 0 Å². The molecule has 0 heterocycles. The van der Waals surface area contributed by atoms with Crippen molar-refractivity contribution in [1.29, 1.82) is 0 Å². The van der Waals surface area contributed by atoms with E-state index in [1.165, 1.54) is 14.2 Å². The number of rotatable bonds is 26. The van der Waals surface area contributed by atoms with Gasteiger partial charge in [-0.1, -0.05) is 140 Å². The molecule has 0 spiro atoms. The van der Waals surface area contributed by atoms with Crippen molar-refractivity contribution in [3.05, 3.63) is 131 Å². The molecule has 4 rings (SSSR count). The van der Waals surface area contributed by atoms with E-state index in [1.807, 2.05) is 131 Å². The van der Waals surface area contributed by atoms with E-state index in [4.69, 9.17) is 29.4 Å². The first-order valence-electron chi connectivity index (χ1n) is 23.0. The minimum absolute atomic E-state index is 0.118. The normalized spacial score (nSPS) is 12.2. The number of halogens is 1. The van der Waals surface area contributed by atoms with Crippen LogP contribution in [-0.4, -0.2) is 87.6 Å². The van der Waals surface area contributed by atoms with Gasteiger partial charge in [0, 0.05) is 25.0 Å². The van der Waals surface area contributed by atoms with E-state index < -0.39 is 12.1 Å². The van der Waals surface area contributed by atoms with Gasteiger partial charge in [-0.05, 0) is 86.8 Å². The van der Waals surface area contributed by atoms with Gasteiger partial charge in [0.05, 0.1) is 14.2 Å². The average Bonchev–Trinajstić information content (AvgIpc) is 3.35. The lowest BCUT2D eigenvalue weighted by atomic mass is 10.1. The van der Waals surface area contributed by atoms with E-state index in [0.717, 1.165) is 84.0 Å². The minimum atomic E-state index is -0.431. The van der Waals surface area contributed by atoms with Crippen LogP contribution in [0.15, 0.2) is 109 Å². The molecule has 15 heteroatoms. The maximum Gasteiger partial charge on any atom is 0.407 e. The Morgan fingerprint density at radius 2 is 1.03 bits per heavy atom. The van der Waals surface area contributed by atoms with Crippen LogP contribution >= 0.6 is 15.9 Å². The van der Waals surface area contributed by atoms with Crippen LogP contribution in [0.5, 0.6) is 11.5 Å². The fourth-order valence-electron chi connectivity index (χ4n) is 6.27. The highest BCUT2D eigenvalue weighted by Crippen LogP contribution is 2.22. The highest BCUT2D eigenvalue weighted by atomic mass is 79.9. The second-order valence-electron chi connectivity index (χ2n) is 15.6. The number of nitrogens with one attached hydrogen (secondary N) is 3. The molecular weight excluding hydrogens is 920 g/mol. The summed E-state index contributed by atoms with van der Waals surface area (Å²) in [5.74, 6) is 1.14. The molecule has 0 aliphatic carbocycles. The standard InChI is InChI=1S/C26H36N2O5.C20H24BrNO3.C6H13NO2/c1-4-11-23(25(29)31-3)28-18-20(2)33-24-16-9-8-14-22(24)15-10-17-27-26(30)32-19-21-12-6-5-7-13-21;1-16(14-21)25-19-12-6-5-10-18(19)11-7-13-22-20(23)24-15-17-8-3-2-4-9-17;1-3-4-5(7)6(8)9-2/h5-9,12-14,16,20,23,28H,4,10-11,15,17-19H2,1-3H3,(H,27,30);2-6,8-10,12,16H,7,11,13-15H2,1H3,(H,22,23);5H,3-4,7H2,1-2H3/t20-,23+;16-;5-/m110/s1.